The van der Waals surface area contributed by atoms with Gasteiger partial charge in [-0.05, 0) is 73.4 Å². The Morgan fingerprint density at radius 2 is 1.42 bits per heavy atom. The molecule has 4 aromatic rings. The van der Waals surface area contributed by atoms with E-state index in [2.05, 4.69) is 5.32 Å². The minimum Gasteiger partial charge on any atom is -0.357 e. The number of hydrogen-bond donors (Lipinski definition) is 1. The standard InChI is InChI=1S/C34H36ClN3O4S/c1-24-14-16-30(17-15-24)43(41,42)38(29-19-25(2)18-26(3)20-29)23-33(39)37(22-28-12-8-9-13-31(28)35)32(34(40)36-4)21-27-10-6-5-7-11-27/h5-20,32H,21-23H2,1-4H3,(H,36,40)/t32-/m0/s1. The SMILES string of the molecule is CNC(=O)[C@H](Cc1ccccc1)N(Cc1ccccc1Cl)C(=O)CN(c1cc(C)cc(C)c1)S(=O)(=O)c1ccc(C)cc1. The molecule has 0 bridgehead atoms. The third-order valence-electron chi connectivity index (χ3n) is 7.20. The average Bonchev–Trinajstić information content (AvgIpc) is 2.98. The molecule has 9 heteroatoms. The van der Waals surface area contributed by atoms with Crippen molar-refractivity contribution in [3.05, 3.63) is 130 Å². The number of halogens is 1. The second-order valence-electron chi connectivity index (χ2n) is 10.6. The third-order valence-corrected chi connectivity index (χ3v) is 9.36. The Kier molecular flexibility index (Phi) is 10.3. The number of sulfonamides is 1. The van der Waals surface area contributed by atoms with Crippen molar-refractivity contribution in [2.24, 2.45) is 0 Å². The van der Waals surface area contributed by atoms with Crippen LogP contribution in [0.15, 0.2) is 102 Å². The number of carbonyl (C=O) groups excluding carboxylic acids is 2. The molecule has 0 aliphatic heterocycles. The van der Waals surface area contributed by atoms with Gasteiger partial charge >= 0.3 is 0 Å². The van der Waals surface area contributed by atoms with Gasteiger partial charge in [0.05, 0.1) is 10.6 Å². The van der Waals surface area contributed by atoms with E-state index >= 15 is 0 Å². The largest absolute Gasteiger partial charge is 0.357 e. The molecular formula is C34H36ClN3O4S. The molecule has 0 spiro atoms. The van der Waals surface area contributed by atoms with Crippen LogP contribution in [-0.4, -0.2) is 44.8 Å². The molecule has 0 aromatic heterocycles. The van der Waals surface area contributed by atoms with Gasteiger partial charge in [0.15, 0.2) is 0 Å². The number of aryl methyl sites for hydroxylation is 3. The summed E-state index contributed by atoms with van der Waals surface area (Å²) in [5.41, 5.74) is 4.47. The van der Waals surface area contributed by atoms with Crippen molar-refractivity contribution in [2.45, 2.75) is 44.7 Å². The fourth-order valence-electron chi connectivity index (χ4n) is 4.99. The van der Waals surface area contributed by atoms with Gasteiger partial charge in [-0.2, -0.15) is 0 Å². The van der Waals surface area contributed by atoms with E-state index < -0.39 is 28.5 Å². The van der Waals surface area contributed by atoms with Gasteiger partial charge in [0.25, 0.3) is 10.0 Å². The summed E-state index contributed by atoms with van der Waals surface area (Å²) in [4.78, 5) is 29.2. The van der Waals surface area contributed by atoms with Crippen LogP contribution in [0.1, 0.15) is 27.8 Å². The first-order chi connectivity index (χ1) is 20.5. The molecule has 0 unspecified atom stereocenters. The maximum Gasteiger partial charge on any atom is 0.264 e. The van der Waals surface area contributed by atoms with Gasteiger partial charge in [-0.25, -0.2) is 8.42 Å². The molecule has 0 aliphatic carbocycles. The predicted octanol–water partition coefficient (Wildman–Crippen LogP) is 5.85. The lowest BCUT2D eigenvalue weighted by molar-refractivity contribution is -0.139. The van der Waals surface area contributed by atoms with Gasteiger partial charge < -0.3 is 10.2 Å². The van der Waals surface area contributed by atoms with Crippen LogP contribution in [0.5, 0.6) is 0 Å². The molecule has 0 fully saturated rings. The van der Waals surface area contributed by atoms with E-state index in [9.17, 15) is 18.0 Å². The third kappa shape index (κ3) is 7.83. The number of hydrogen-bond acceptors (Lipinski definition) is 4. The zero-order valence-electron chi connectivity index (χ0n) is 24.7. The second kappa shape index (κ2) is 13.9. The van der Waals surface area contributed by atoms with Crippen molar-refractivity contribution in [2.75, 3.05) is 17.9 Å². The summed E-state index contributed by atoms with van der Waals surface area (Å²) in [6, 6.07) is 27.5. The molecule has 1 N–H and O–H groups in total. The van der Waals surface area contributed by atoms with Crippen LogP contribution in [0, 0.1) is 20.8 Å². The molecule has 224 valence electrons. The molecule has 0 aliphatic rings. The second-order valence-corrected chi connectivity index (χ2v) is 12.9. The van der Waals surface area contributed by atoms with Crippen LogP contribution < -0.4 is 9.62 Å². The minimum absolute atomic E-state index is 0.00862. The fraction of sp³-hybridized carbons (Fsp3) is 0.235. The summed E-state index contributed by atoms with van der Waals surface area (Å²) in [7, 11) is -2.65. The molecule has 7 nitrogen and oxygen atoms in total. The van der Waals surface area contributed by atoms with Gasteiger partial charge in [0.1, 0.15) is 12.6 Å². The molecule has 0 heterocycles. The quantitative estimate of drug-likeness (QED) is 0.229. The van der Waals surface area contributed by atoms with Gasteiger partial charge in [-0.3, -0.25) is 13.9 Å². The number of rotatable bonds is 11. The normalized spacial score (nSPS) is 11.9. The van der Waals surface area contributed by atoms with Gasteiger partial charge in [0.2, 0.25) is 11.8 Å². The fourth-order valence-corrected chi connectivity index (χ4v) is 6.58. The first kappa shape index (κ1) is 31.8. The summed E-state index contributed by atoms with van der Waals surface area (Å²) in [5, 5.41) is 3.12. The first-order valence-electron chi connectivity index (χ1n) is 14.0. The summed E-state index contributed by atoms with van der Waals surface area (Å²) < 4.78 is 29.4. The topological polar surface area (TPSA) is 86.8 Å². The maximum absolute atomic E-state index is 14.4. The number of anilines is 1. The lowest BCUT2D eigenvalue weighted by Gasteiger charge is -2.34. The maximum atomic E-state index is 14.4. The van der Waals surface area contributed by atoms with Gasteiger partial charge in [-0.15, -0.1) is 0 Å². The summed E-state index contributed by atoms with van der Waals surface area (Å²) in [6.45, 7) is 5.11. The zero-order valence-corrected chi connectivity index (χ0v) is 26.3. The highest BCUT2D eigenvalue weighted by atomic mass is 35.5. The summed E-state index contributed by atoms with van der Waals surface area (Å²) in [6.07, 6.45) is 0.227. The Hall–Kier alpha value is -4.14. The van der Waals surface area contributed by atoms with E-state index in [1.165, 1.54) is 24.1 Å². The van der Waals surface area contributed by atoms with E-state index in [0.717, 1.165) is 26.6 Å². The van der Waals surface area contributed by atoms with E-state index in [1.807, 2.05) is 57.2 Å². The van der Waals surface area contributed by atoms with E-state index in [0.29, 0.717) is 16.3 Å². The molecule has 4 aromatic carbocycles. The monoisotopic (exact) mass is 617 g/mol. The van der Waals surface area contributed by atoms with E-state index in [4.69, 9.17) is 11.6 Å². The highest BCUT2D eigenvalue weighted by molar-refractivity contribution is 7.92. The number of likely N-dealkylation sites (N-methyl/N-ethyl adjacent to an activating group) is 1. The Morgan fingerprint density at radius 1 is 0.814 bits per heavy atom. The zero-order chi connectivity index (χ0) is 31.1. The first-order valence-corrected chi connectivity index (χ1v) is 15.8. The number of nitrogens with zero attached hydrogens (tertiary/aromatic N) is 2. The van der Waals surface area contributed by atoms with Crippen LogP contribution in [0.2, 0.25) is 5.02 Å². The highest BCUT2D eigenvalue weighted by Crippen LogP contribution is 2.28. The molecule has 0 saturated heterocycles. The molecule has 43 heavy (non-hydrogen) atoms. The van der Waals surface area contributed by atoms with Crippen molar-refractivity contribution < 1.29 is 18.0 Å². The molecule has 0 radical (unpaired) electrons. The molecule has 2 amide bonds. The summed E-state index contributed by atoms with van der Waals surface area (Å²) in [5.74, 6) is -0.914. The number of carbonyl (C=O) groups is 2. The van der Waals surface area contributed by atoms with Gasteiger partial charge in [0, 0.05) is 25.0 Å². The number of nitrogens with one attached hydrogen (secondary N) is 1. The Bertz CT molecular complexity index is 1670. The summed E-state index contributed by atoms with van der Waals surface area (Å²) >= 11 is 6.51. The predicted molar refractivity (Wildman–Crippen MR) is 172 cm³/mol. The van der Waals surface area contributed by atoms with E-state index in [1.54, 1.807) is 48.5 Å². The Labute approximate surface area is 259 Å². The van der Waals surface area contributed by atoms with Crippen LogP contribution >= 0.6 is 11.6 Å². The van der Waals surface area contributed by atoms with E-state index in [-0.39, 0.29) is 23.8 Å². The molecular weight excluding hydrogens is 582 g/mol. The van der Waals surface area contributed by atoms with Crippen LogP contribution in [0.4, 0.5) is 5.69 Å². The van der Waals surface area contributed by atoms with Crippen LogP contribution in [-0.2, 0) is 32.6 Å². The Balaban J connectivity index is 1.82. The Morgan fingerprint density at radius 3 is 2.02 bits per heavy atom. The average molecular weight is 618 g/mol. The van der Waals surface area contributed by atoms with Crippen LogP contribution in [0.3, 0.4) is 0 Å². The molecule has 4 rings (SSSR count). The van der Waals surface area contributed by atoms with Crippen molar-refractivity contribution in [1.29, 1.82) is 0 Å². The lowest BCUT2D eigenvalue weighted by atomic mass is 10.0. The van der Waals surface area contributed by atoms with Crippen LogP contribution in [0.25, 0.3) is 0 Å². The number of amides is 2. The molecule has 0 saturated carbocycles. The smallest absolute Gasteiger partial charge is 0.264 e. The number of benzene rings is 4. The van der Waals surface area contributed by atoms with Gasteiger partial charge in [-0.1, -0.05) is 83.9 Å². The van der Waals surface area contributed by atoms with Crippen molar-refractivity contribution in [1.82, 2.24) is 10.2 Å². The highest BCUT2D eigenvalue weighted by Gasteiger charge is 2.34. The van der Waals surface area contributed by atoms with Crippen molar-refractivity contribution in [3.63, 3.8) is 0 Å². The van der Waals surface area contributed by atoms with Crippen molar-refractivity contribution in [3.8, 4) is 0 Å². The minimum atomic E-state index is -4.17. The van der Waals surface area contributed by atoms with Crippen molar-refractivity contribution >= 4 is 39.1 Å². The lowest BCUT2D eigenvalue weighted by Crippen LogP contribution is -2.53. The molecule has 1 atom stereocenters.